The van der Waals surface area contributed by atoms with E-state index in [9.17, 15) is 0 Å². The second-order valence-corrected chi connectivity index (χ2v) is 5.62. The zero-order valence-electron chi connectivity index (χ0n) is 10.9. The van der Waals surface area contributed by atoms with Gasteiger partial charge in [0, 0.05) is 12.0 Å². The molecule has 3 atom stereocenters. The second kappa shape index (κ2) is 4.56. The lowest BCUT2D eigenvalue weighted by molar-refractivity contribution is 0.0636. The Hall–Kier alpha value is -1.06. The zero-order valence-corrected chi connectivity index (χ0v) is 10.9. The highest BCUT2D eigenvalue weighted by Crippen LogP contribution is 2.49. The average Bonchev–Trinajstić information content (AvgIpc) is 3.00. The third kappa shape index (κ3) is 1.91. The van der Waals surface area contributed by atoms with Crippen molar-refractivity contribution in [2.45, 2.75) is 37.9 Å². The summed E-state index contributed by atoms with van der Waals surface area (Å²) in [7, 11) is 1.71. The first-order valence-corrected chi connectivity index (χ1v) is 6.74. The fourth-order valence-electron chi connectivity index (χ4n) is 3.55. The zero-order chi connectivity index (χ0) is 12.6. The number of rotatable bonds is 4. The molecular weight excluding hydrogens is 226 g/mol. The van der Waals surface area contributed by atoms with Crippen molar-refractivity contribution in [1.29, 1.82) is 0 Å². The first-order valence-electron chi connectivity index (χ1n) is 6.74. The van der Waals surface area contributed by atoms with Crippen LogP contribution in [0.4, 0.5) is 0 Å². The van der Waals surface area contributed by atoms with E-state index in [-0.39, 0.29) is 5.41 Å². The van der Waals surface area contributed by atoms with E-state index in [4.69, 9.17) is 15.2 Å². The molecule has 1 aromatic carbocycles. The van der Waals surface area contributed by atoms with Crippen LogP contribution in [0.15, 0.2) is 24.3 Å². The molecule has 2 bridgehead atoms. The summed E-state index contributed by atoms with van der Waals surface area (Å²) in [6.45, 7) is 0.714. The lowest BCUT2D eigenvalue weighted by Gasteiger charge is -2.34. The molecule has 1 aromatic rings. The minimum atomic E-state index is 0.148. The predicted molar refractivity (Wildman–Crippen MR) is 70.7 cm³/mol. The van der Waals surface area contributed by atoms with Gasteiger partial charge in [-0.25, -0.2) is 0 Å². The first kappa shape index (κ1) is 12.0. The van der Waals surface area contributed by atoms with Crippen LogP contribution in [0.3, 0.4) is 0 Å². The van der Waals surface area contributed by atoms with E-state index >= 15 is 0 Å². The lowest BCUT2D eigenvalue weighted by Crippen LogP contribution is -2.41. The molecule has 0 aromatic heterocycles. The first-order chi connectivity index (χ1) is 8.75. The second-order valence-electron chi connectivity index (χ2n) is 5.62. The maximum Gasteiger partial charge on any atom is 0.119 e. The van der Waals surface area contributed by atoms with Gasteiger partial charge in [-0.2, -0.15) is 0 Å². The van der Waals surface area contributed by atoms with Crippen molar-refractivity contribution in [3.63, 3.8) is 0 Å². The number of ether oxygens (including phenoxy) is 2. The molecule has 3 nitrogen and oxygen atoms in total. The van der Waals surface area contributed by atoms with Crippen LogP contribution in [-0.4, -0.2) is 25.9 Å². The average molecular weight is 247 g/mol. The standard InChI is InChI=1S/C15H21NO2/c1-17-12-4-2-3-11(7-12)8-15(10-16)9-13-5-6-14(15)18-13/h2-4,7,13-14H,5-6,8-10,16H2,1H3. The van der Waals surface area contributed by atoms with Gasteiger partial charge in [0.25, 0.3) is 0 Å². The van der Waals surface area contributed by atoms with Crippen molar-refractivity contribution in [1.82, 2.24) is 0 Å². The summed E-state index contributed by atoms with van der Waals surface area (Å²) >= 11 is 0. The molecule has 2 saturated heterocycles. The monoisotopic (exact) mass is 247 g/mol. The molecule has 2 aliphatic heterocycles. The molecule has 3 heteroatoms. The Kier molecular flexibility index (Phi) is 3.04. The van der Waals surface area contributed by atoms with Crippen LogP contribution in [-0.2, 0) is 11.2 Å². The minimum Gasteiger partial charge on any atom is -0.497 e. The van der Waals surface area contributed by atoms with Crippen LogP contribution in [0, 0.1) is 5.41 Å². The SMILES string of the molecule is COc1cccc(CC2(CN)CC3CCC2O3)c1. The van der Waals surface area contributed by atoms with Crippen molar-refractivity contribution in [2.75, 3.05) is 13.7 Å². The summed E-state index contributed by atoms with van der Waals surface area (Å²) in [6, 6.07) is 8.30. The van der Waals surface area contributed by atoms with Crippen molar-refractivity contribution < 1.29 is 9.47 Å². The van der Waals surface area contributed by atoms with E-state index in [1.54, 1.807) is 7.11 Å². The van der Waals surface area contributed by atoms with Gasteiger partial charge in [-0.15, -0.1) is 0 Å². The Labute approximate surface area is 108 Å². The summed E-state index contributed by atoms with van der Waals surface area (Å²) in [5, 5.41) is 0. The number of benzene rings is 1. The molecular formula is C15H21NO2. The van der Waals surface area contributed by atoms with Crippen LogP contribution in [0.25, 0.3) is 0 Å². The van der Waals surface area contributed by atoms with Crippen LogP contribution in [0.1, 0.15) is 24.8 Å². The molecule has 3 unspecified atom stereocenters. The molecule has 0 spiro atoms. The summed E-state index contributed by atoms with van der Waals surface area (Å²) in [6.07, 6.45) is 5.31. The van der Waals surface area contributed by atoms with Gasteiger partial charge in [0.15, 0.2) is 0 Å². The predicted octanol–water partition coefficient (Wildman–Crippen LogP) is 2.13. The maximum atomic E-state index is 6.06. The molecule has 2 aliphatic rings. The van der Waals surface area contributed by atoms with Gasteiger partial charge in [0.1, 0.15) is 5.75 Å². The van der Waals surface area contributed by atoms with Gasteiger partial charge in [-0.1, -0.05) is 12.1 Å². The molecule has 98 valence electrons. The lowest BCUT2D eigenvalue weighted by atomic mass is 9.70. The summed E-state index contributed by atoms with van der Waals surface area (Å²) in [4.78, 5) is 0. The topological polar surface area (TPSA) is 44.5 Å². The highest BCUT2D eigenvalue weighted by Gasteiger charge is 2.51. The van der Waals surface area contributed by atoms with E-state index in [0.29, 0.717) is 18.8 Å². The third-order valence-electron chi connectivity index (χ3n) is 4.52. The van der Waals surface area contributed by atoms with Crippen molar-refractivity contribution in [2.24, 2.45) is 11.1 Å². The fraction of sp³-hybridized carbons (Fsp3) is 0.600. The molecule has 0 aliphatic carbocycles. The van der Waals surface area contributed by atoms with Crippen LogP contribution >= 0.6 is 0 Å². The smallest absolute Gasteiger partial charge is 0.119 e. The molecule has 3 rings (SSSR count). The van der Waals surface area contributed by atoms with Crippen LogP contribution in [0.5, 0.6) is 5.75 Å². The third-order valence-corrected chi connectivity index (χ3v) is 4.52. The highest BCUT2D eigenvalue weighted by molar-refractivity contribution is 5.30. The summed E-state index contributed by atoms with van der Waals surface area (Å²) < 4.78 is 11.3. The van der Waals surface area contributed by atoms with Gasteiger partial charge >= 0.3 is 0 Å². The molecule has 18 heavy (non-hydrogen) atoms. The Bertz CT molecular complexity index is 434. The van der Waals surface area contributed by atoms with Gasteiger partial charge in [-0.05, 0) is 43.4 Å². The molecule has 0 saturated carbocycles. The van der Waals surface area contributed by atoms with Crippen molar-refractivity contribution >= 4 is 0 Å². The number of fused-ring (bicyclic) bond motifs is 2. The largest absolute Gasteiger partial charge is 0.497 e. The quantitative estimate of drug-likeness (QED) is 0.886. The summed E-state index contributed by atoms with van der Waals surface area (Å²) in [5.41, 5.74) is 7.51. The molecule has 0 radical (unpaired) electrons. The fourth-order valence-corrected chi connectivity index (χ4v) is 3.55. The Morgan fingerprint density at radius 2 is 2.33 bits per heavy atom. The highest BCUT2D eigenvalue weighted by atomic mass is 16.5. The van der Waals surface area contributed by atoms with E-state index in [0.717, 1.165) is 18.6 Å². The van der Waals surface area contributed by atoms with E-state index in [2.05, 4.69) is 12.1 Å². The Balaban J connectivity index is 1.81. The maximum absolute atomic E-state index is 6.06. The van der Waals surface area contributed by atoms with Gasteiger partial charge in [0.05, 0.1) is 19.3 Å². The molecule has 2 heterocycles. The van der Waals surface area contributed by atoms with E-state index in [1.165, 1.54) is 18.4 Å². The van der Waals surface area contributed by atoms with E-state index < -0.39 is 0 Å². The number of hydrogen-bond donors (Lipinski definition) is 1. The Morgan fingerprint density at radius 1 is 1.44 bits per heavy atom. The van der Waals surface area contributed by atoms with Crippen LogP contribution < -0.4 is 10.5 Å². The van der Waals surface area contributed by atoms with Gasteiger partial charge in [-0.3, -0.25) is 0 Å². The Morgan fingerprint density at radius 3 is 2.94 bits per heavy atom. The molecule has 2 N–H and O–H groups in total. The number of hydrogen-bond acceptors (Lipinski definition) is 3. The molecule has 0 amide bonds. The van der Waals surface area contributed by atoms with Crippen molar-refractivity contribution in [3.05, 3.63) is 29.8 Å². The number of methoxy groups -OCH3 is 1. The van der Waals surface area contributed by atoms with Crippen molar-refractivity contribution in [3.8, 4) is 5.75 Å². The van der Waals surface area contributed by atoms with Gasteiger partial charge in [0.2, 0.25) is 0 Å². The molecule has 2 fully saturated rings. The number of nitrogens with two attached hydrogens (primary N) is 1. The van der Waals surface area contributed by atoms with E-state index in [1.807, 2.05) is 12.1 Å². The van der Waals surface area contributed by atoms with Gasteiger partial charge < -0.3 is 15.2 Å². The summed E-state index contributed by atoms with van der Waals surface area (Å²) in [5.74, 6) is 0.920. The van der Waals surface area contributed by atoms with Crippen LogP contribution in [0.2, 0.25) is 0 Å². The normalized spacial score (nSPS) is 33.9. The minimum absolute atomic E-state index is 0.148.